The van der Waals surface area contributed by atoms with Crippen molar-refractivity contribution in [2.24, 2.45) is 12.8 Å². The average molecular weight is 249 g/mol. The van der Waals surface area contributed by atoms with Crippen LogP contribution in [0.25, 0.3) is 10.9 Å². The molecule has 1 aliphatic rings. The molecule has 1 aliphatic carbocycles. The zero-order chi connectivity index (χ0) is 12.2. The van der Waals surface area contributed by atoms with Crippen LogP contribution in [0.15, 0.2) is 18.2 Å². The fourth-order valence-electron chi connectivity index (χ4n) is 2.92. The van der Waals surface area contributed by atoms with Gasteiger partial charge in [0.15, 0.2) is 0 Å². The molecule has 1 aromatic carbocycles. The summed E-state index contributed by atoms with van der Waals surface area (Å²) in [5, 5.41) is 2.08. The van der Waals surface area contributed by atoms with Crippen molar-refractivity contribution in [2.45, 2.75) is 25.2 Å². The van der Waals surface area contributed by atoms with Gasteiger partial charge in [0.1, 0.15) is 0 Å². The molecule has 0 amide bonds. The molecule has 90 valence electrons. The van der Waals surface area contributed by atoms with Crippen LogP contribution in [0.3, 0.4) is 0 Å². The van der Waals surface area contributed by atoms with E-state index in [0.717, 1.165) is 11.6 Å². The van der Waals surface area contributed by atoms with Gasteiger partial charge in [0.2, 0.25) is 0 Å². The maximum Gasteiger partial charge on any atom is 0.0483 e. The smallest absolute Gasteiger partial charge is 0.0483 e. The molecule has 0 radical (unpaired) electrons. The Kier molecular flexibility index (Phi) is 2.29. The second-order valence-corrected chi connectivity index (χ2v) is 5.60. The lowest BCUT2D eigenvalue weighted by molar-refractivity contribution is 0.697. The van der Waals surface area contributed by atoms with Gasteiger partial charge in [-0.15, -0.1) is 0 Å². The van der Waals surface area contributed by atoms with Gasteiger partial charge in [-0.3, -0.25) is 0 Å². The number of nitrogens with zero attached hydrogens (tertiary/aromatic N) is 1. The highest BCUT2D eigenvalue weighted by atomic mass is 35.5. The Morgan fingerprint density at radius 3 is 2.71 bits per heavy atom. The molecule has 1 saturated carbocycles. The summed E-state index contributed by atoms with van der Waals surface area (Å²) < 4.78 is 2.25. The van der Waals surface area contributed by atoms with E-state index < -0.39 is 0 Å². The zero-order valence-electron chi connectivity index (χ0n) is 10.3. The molecular formula is C14H17ClN2. The third-order valence-corrected chi connectivity index (χ3v) is 4.46. The SMILES string of the molecule is Cc1c(C2(CN)CC2)c2cc(Cl)ccc2n1C. The van der Waals surface area contributed by atoms with Crippen molar-refractivity contribution in [1.29, 1.82) is 0 Å². The van der Waals surface area contributed by atoms with Crippen LogP contribution in [0.5, 0.6) is 0 Å². The lowest BCUT2D eigenvalue weighted by Gasteiger charge is -2.13. The van der Waals surface area contributed by atoms with Crippen molar-refractivity contribution in [3.63, 3.8) is 0 Å². The largest absolute Gasteiger partial charge is 0.348 e. The number of benzene rings is 1. The summed E-state index contributed by atoms with van der Waals surface area (Å²) in [6, 6.07) is 6.13. The molecule has 3 heteroatoms. The minimum absolute atomic E-state index is 0.217. The number of aryl methyl sites for hydroxylation is 1. The van der Waals surface area contributed by atoms with Gasteiger partial charge in [0.05, 0.1) is 0 Å². The second-order valence-electron chi connectivity index (χ2n) is 5.17. The highest BCUT2D eigenvalue weighted by molar-refractivity contribution is 6.31. The fourth-order valence-corrected chi connectivity index (χ4v) is 3.09. The zero-order valence-corrected chi connectivity index (χ0v) is 11.0. The topological polar surface area (TPSA) is 30.9 Å². The Bertz CT molecular complexity index is 594. The Morgan fingerprint density at radius 2 is 2.12 bits per heavy atom. The van der Waals surface area contributed by atoms with Gasteiger partial charge in [0.25, 0.3) is 0 Å². The molecule has 17 heavy (non-hydrogen) atoms. The molecule has 0 aliphatic heterocycles. The van der Waals surface area contributed by atoms with E-state index in [1.54, 1.807) is 0 Å². The van der Waals surface area contributed by atoms with Crippen LogP contribution in [0.2, 0.25) is 5.02 Å². The van der Waals surface area contributed by atoms with Gasteiger partial charge in [-0.05, 0) is 43.5 Å². The van der Waals surface area contributed by atoms with Crippen LogP contribution >= 0.6 is 11.6 Å². The number of halogens is 1. The molecule has 1 aromatic heterocycles. The Balaban J connectivity index is 2.37. The van der Waals surface area contributed by atoms with Gasteiger partial charge < -0.3 is 10.3 Å². The Morgan fingerprint density at radius 1 is 1.41 bits per heavy atom. The molecule has 0 spiro atoms. The van der Waals surface area contributed by atoms with E-state index >= 15 is 0 Å². The molecular weight excluding hydrogens is 232 g/mol. The predicted octanol–water partition coefficient (Wildman–Crippen LogP) is 3.13. The summed E-state index contributed by atoms with van der Waals surface area (Å²) in [7, 11) is 2.11. The molecule has 3 rings (SSSR count). The average Bonchev–Trinajstić information content (AvgIpc) is 3.05. The molecule has 0 saturated heterocycles. The molecule has 2 N–H and O–H groups in total. The maximum absolute atomic E-state index is 6.13. The van der Waals surface area contributed by atoms with Crippen LogP contribution < -0.4 is 5.73 Å². The number of nitrogens with two attached hydrogens (primary N) is 1. The quantitative estimate of drug-likeness (QED) is 0.870. The lowest BCUT2D eigenvalue weighted by Crippen LogP contribution is -2.20. The molecule has 0 unspecified atom stereocenters. The first kappa shape index (κ1) is 11.1. The van der Waals surface area contributed by atoms with Gasteiger partial charge in [0, 0.05) is 40.6 Å². The Labute approximate surface area is 106 Å². The second kappa shape index (κ2) is 3.50. The predicted molar refractivity (Wildman–Crippen MR) is 72.6 cm³/mol. The maximum atomic E-state index is 6.13. The van der Waals surface area contributed by atoms with Crippen molar-refractivity contribution < 1.29 is 0 Å². The molecule has 2 nitrogen and oxygen atoms in total. The van der Waals surface area contributed by atoms with Crippen LogP contribution in [-0.2, 0) is 12.5 Å². The third-order valence-electron chi connectivity index (χ3n) is 4.23. The lowest BCUT2D eigenvalue weighted by atomic mass is 9.93. The minimum atomic E-state index is 0.217. The molecule has 1 fully saturated rings. The normalized spacial score (nSPS) is 17.6. The summed E-state index contributed by atoms with van der Waals surface area (Å²) in [5.41, 5.74) is 10.2. The van der Waals surface area contributed by atoms with E-state index in [2.05, 4.69) is 30.7 Å². The minimum Gasteiger partial charge on any atom is -0.348 e. The highest BCUT2D eigenvalue weighted by Gasteiger charge is 2.45. The number of fused-ring (bicyclic) bond motifs is 1. The van der Waals surface area contributed by atoms with E-state index in [0.29, 0.717) is 0 Å². The number of hydrogen-bond donors (Lipinski definition) is 1. The van der Waals surface area contributed by atoms with Crippen molar-refractivity contribution in [3.8, 4) is 0 Å². The van der Waals surface area contributed by atoms with Crippen LogP contribution in [-0.4, -0.2) is 11.1 Å². The highest BCUT2D eigenvalue weighted by Crippen LogP contribution is 2.51. The third kappa shape index (κ3) is 1.44. The number of hydrogen-bond acceptors (Lipinski definition) is 1. The van der Waals surface area contributed by atoms with Crippen molar-refractivity contribution in [1.82, 2.24) is 4.57 Å². The molecule has 1 heterocycles. The molecule has 0 atom stereocenters. The Hall–Kier alpha value is -0.990. The first-order valence-corrected chi connectivity index (χ1v) is 6.42. The van der Waals surface area contributed by atoms with E-state index in [-0.39, 0.29) is 5.41 Å². The van der Waals surface area contributed by atoms with E-state index in [1.165, 1.54) is 35.0 Å². The standard InChI is InChI=1S/C14H17ClN2/c1-9-13(14(8-16)5-6-14)11-7-10(15)3-4-12(11)17(9)2/h3-4,7H,5-6,8,16H2,1-2H3. The first-order chi connectivity index (χ1) is 8.09. The summed E-state index contributed by atoms with van der Waals surface area (Å²) in [6.45, 7) is 2.92. The number of aromatic nitrogens is 1. The van der Waals surface area contributed by atoms with Crippen LogP contribution in [0, 0.1) is 6.92 Å². The van der Waals surface area contributed by atoms with E-state index in [4.69, 9.17) is 17.3 Å². The summed E-state index contributed by atoms with van der Waals surface area (Å²) in [6.07, 6.45) is 2.41. The van der Waals surface area contributed by atoms with E-state index in [9.17, 15) is 0 Å². The fraction of sp³-hybridized carbons (Fsp3) is 0.429. The van der Waals surface area contributed by atoms with Crippen molar-refractivity contribution in [3.05, 3.63) is 34.5 Å². The molecule has 2 aromatic rings. The summed E-state index contributed by atoms with van der Waals surface area (Å²) in [4.78, 5) is 0. The van der Waals surface area contributed by atoms with Gasteiger partial charge in [-0.2, -0.15) is 0 Å². The molecule has 0 bridgehead atoms. The van der Waals surface area contributed by atoms with Crippen molar-refractivity contribution >= 4 is 22.5 Å². The van der Waals surface area contributed by atoms with Gasteiger partial charge in [-0.25, -0.2) is 0 Å². The summed E-state index contributed by atoms with van der Waals surface area (Å²) >= 11 is 6.13. The van der Waals surface area contributed by atoms with Gasteiger partial charge >= 0.3 is 0 Å². The first-order valence-electron chi connectivity index (χ1n) is 6.04. The number of rotatable bonds is 2. The van der Waals surface area contributed by atoms with Crippen molar-refractivity contribution in [2.75, 3.05) is 6.54 Å². The van der Waals surface area contributed by atoms with E-state index in [1.807, 2.05) is 6.07 Å². The van der Waals surface area contributed by atoms with Gasteiger partial charge in [-0.1, -0.05) is 11.6 Å². The van der Waals surface area contributed by atoms with Crippen LogP contribution in [0.4, 0.5) is 0 Å². The van der Waals surface area contributed by atoms with Crippen LogP contribution in [0.1, 0.15) is 24.1 Å². The monoisotopic (exact) mass is 248 g/mol. The summed E-state index contributed by atoms with van der Waals surface area (Å²) in [5.74, 6) is 0.